The highest BCUT2D eigenvalue weighted by Crippen LogP contribution is 2.21. The molecule has 1 atom stereocenters. The molecule has 2 nitrogen and oxygen atoms in total. The van der Waals surface area contributed by atoms with Crippen molar-refractivity contribution < 1.29 is 4.74 Å². The van der Waals surface area contributed by atoms with Gasteiger partial charge < -0.3 is 10.1 Å². The molecule has 0 aromatic rings. The van der Waals surface area contributed by atoms with Crippen LogP contribution in [0.2, 0.25) is 0 Å². The summed E-state index contributed by atoms with van der Waals surface area (Å²) in [6, 6.07) is 0.558. The summed E-state index contributed by atoms with van der Waals surface area (Å²) in [5.74, 6) is 0. The van der Waals surface area contributed by atoms with Crippen LogP contribution in [0.25, 0.3) is 0 Å². The second-order valence-electron chi connectivity index (χ2n) is 4.26. The van der Waals surface area contributed by atoms with Crippen molar-refractivity contribution in [2.45, 2.75) is 40.2 Å². The van der Waals surface area contributed by atoms with Crippen LogP contribution in [-0.4, -0.2) is 26.3 Å². The van der Waals surface area contributed by atoms with Crippen molar-refractivity contribution in [2.75, 3.05) is 20.3 Å². The molecule has 0 saturated carbocycles. The van der Waals surface area contributed by atoms with E-state index in [0.29, 0.717) is 11.5 Å². The summed E-state index contributed by atoms with van der Waals surface area (Å²) in [5.41, 5.74) is 0.328. The van der Waals surface area contributed by atoms with Crippen LogP contribution in [-0.2, 0) is 4.74 Å². The van der Waals surface area contributed by atoms with Crippen molar-refractivity contribution >= 4 is 0 Å². The normalized spacial score (nSPS) is 14.8. The summed E-state index contributed by atoms with van der Waals surface area (Å²) in [7, 11) is 1.76. The van der Waals surface area contributed by atoms with E-state index in [1.807, 2.05) is 0 Å². The Morgan fingerprint density at radius 1 is 1.33 bits per heavy atom. The van der Waals surface area contributed by atoms with E-state index in [1.165, 1.54) is 0 Å². The molecule has 1 N–H and O–H groups in total. The molecule has 1 unspecified atom stereocenters. The number of nitrogens with one attached hydrogen (secondary N) is 1. The Morgan fingerprint density at radius 3 is 2.25 bits per heavy atom. The molecule has 0 saturated heterocycles. The third-order valence-corrected chi connectivity index (χ3v) is 2.11. The van der Waals surface area contributed by atoms with E-state index in [-0.39, 0.29) is 0 Å². The summed E-state index contributed by atoms with van der Waals surface area (Å²) in [5, 5.41) is 3.48. The summed E-state index contributed by atoms with van der Waals surface area (Å²) in [6.07, 6.45) is 1.09. The fourth-order valence-corrected chi connectivity index (χ4v) is 1.32. The molecule has 0 aromatic heterocycles. The molecule has 0 aliphatic heterocycles. The minimum absolute atomic E-state index is 0.328. The van der Waals surface area contributed by atoms with Gasteiger partial charge in [-0.05, 0) is 18.4 Å². The first kappa shape index (κ1) is 11.9. The maximum atomic E-state index is 5.07. The van der Waals surface area contributed by atoms with E-state index >= 15 is 0 Å². The first-order chi connectivity index (χ1) is 5.52. The van der Waals surface area contributed by atoms with Gasteiger partial charge in [-0.2, -0.15) is 0 Å². The Bertz CT molecular complexity index is 107. The fraction of sp³-hybridized carbons (Fsp3) is 1.00. The maximum Gasteiger partial charge on any atom is 0.0477 e. The van der Waals surface area contributed by atoms with E-state index in [1.54, 1.807) is 7.11 Å². The highest BCUT2D eigenvalue weighted by atomic mass is 16.5. The van der Waals surface area contributed by atoms with Crippen molar-refractivity contribution in [2.24, 2.45) is 5.41 Å². The lowest BCUT2D eigenvalue weighted by Crippen LogP contribution is -2.40. The van der Waals surface area contributed by atoms with Crippen molar-refractivity contribution in [1.82, 2.24) is 5.32 Å². The van der Waals surface area contributed by atoms with Gasteiger partial charge in [0.2, 0.25) is 0 Å². The molecule has 0 aromatic carbocycles. The van der Waals surface area contributed by atoms with Crippen molar-refractivity contribution in [3.63, 3.8) is 0 Å². The van der Waals surface area contributed by atoms with Crippen LogP contribution in [0.3, 0.4) is 0 Å². The van der Waals surface area contributed by atoms with Gasteiger partial charge >= 0.3 is 0 Å². The van der Waals surface area contributed by atoms with E-state index in [2.05, 4.69) is 33.0 Å². The monoisotopic (exact) mass is 173 g/mol. The predicted octanol–water partition coefficient (Wildman–Crippen LogP) is 2.05. The van der Waals surface area contributed by atoms with E-state index in [0.717, 1.165) is 19.6 Å². The van der Waals surface area contributed by atoms with Crippen LogP contribution < -0.4 is 5.32 Å². The number of ether oxygens (including phenoxy) is 1. The Kier molecular flexibility index (Phi) is 5.51. The van der Waals surface area contributed by atoms with E-state index in [9.17, 15) is 0 Å². The van der Waals surface area contributed by atoms with Gasteiger partial charge in [-0.15, -0.1) is 0 Å². The molecule has 74 valence electrons. The summed E-state index contributed by atoms with van der Waals surface area (Å²) >= 11 is 0. The van der Waals surface area contributed by atoms with Crippen molar-refractivity contribution in [1.29, 1.82) is 0 Å². The molecule has 0 radical (unpaired) electrons. The maximum absolute atomic E-state index is 5.07. The summed E-state index contributed by atoms with van der Waals surface area (Å²) in [6.45, 7) is 10.8. The molecular formula is C10H23NO. The third-order valence-electron chi connectivity index (χ3n) is 2.11. The minimum Gasteiger partial charge on any atom is -0.385 e. The first-order valence-electron chi connectivity index (χ1n) is 4.74. The van der Waals surface area contributed by atoms with Gasteiger partial charge in [0, 0.05) is 19.8 Å². The van der Waals surface area contributed by atoms with Crippen LogP contribution in [0.5, 0.6) is 0 Å². The SMILES string of the molecule is CCNC(CCOC)C(C)(C)C. The highest BCUT2D eigenvalue weighted by molar-refractivity contribution is 4.79. The van der Waals surface area contributed by atoms with Crippen LogP contribution in [0.1, 0.15) is 34.1 Å². The second kappa shape index (κ2) is 5.55. The lowest BCUT2D eigenvalue weighted by atomic mass is 9.85. The summed E-state index contributed by atoms with van der Waals surface area (Å²) in [4.78, 5) is 0. The largest absolute Gasteiger partial charge is 0.385 e. The molecule has 12 heavy (non-hydrogen) atoms. The zero-order valence-electron chi connectivity index (χ0n) is 9.11. The molecule has 0 spiro atoms. The average molecular weight is 173 g/mol. The van der Waals surface area contributed by atoms with E-state index in [4.69, 9.17) is 4.74 Å². The number of rotatable bonds is 5. The highest BCUT2D eigenvalue weighted by Gasteiger charge is 2.22. The van der Waals surface area contributed by atoms with Crippen molar-refractivity contribution in [3.8, 4) is 0 Å². The number of hydrogen-bond donors (Lipinski definition) is 1. The zero-order valence-corrected chi connectivity index (χ0v) is 9.11. The zero-order chi connectivity index (χ0) is 9.61. The molecule has 0 bridgehead atoms. The van der Waals surface area contributed by atoms with Gasteiger partial charge in [-0.3, -0.25) is 0 Å². The van der Waals surface area contributed by atoms with Gasteiger partial charge in [0.1, 0.15) is 0 Å². The van der Waals surface area contributed by atoms with Gasteiger partial charge in [-0.1, -0.05) is 27.7 Å². The fourth-order valence-electron chi connectivity index (χ4n) is 1.32. The number of methoxy groups -OCH3 is 1. The summed E-state index contributed by atoms with van der Waals surface area (Å²) < 4.78 is 5.07. The van der Waals surface area contributed by atoms with Crippen LogP contribution in [0.4, 0.5) is 0 Å². The Morgan fingerprint density at radius 2 is 1.92 bits per heavy atom. The van der Waals surface area contributed by atoms with Crippen LogP contribution in [0.15, 0.2) is 0 Å². The average Bonchev–Trinajstić information content (AvgIpc) is 1.95. The standard InChI is InChI=1S/C10H23NO/c1-6-11-9(7-8-12-5)10(2,3)4/h9,11H,6-8H2,1-5H3. The molecular weight excluding hydrogens is 150 g/mol. The molecule has 0 rings (SSSR count). The smallest absolute Gasteiger partial charge is 0.0477 e. The van der Waals surface area contributed by atoms with Crippen LogP contribution >= 0.6 is 0 Å². The molecule has 0 fully saturated rings. The van der Waals surface area contributed by atoms with Crippen molar-refractivity contribution in [3.05, 3.63) is 0 Å². The lowest BCUT2D eigenvalue weighted by Gasteiger charge is -2.31. The Labute approximate surface area is 76.7 Å². The quantitative estimate of drug-likeness (QED) is 0.687. The number of hydrogen-bond acceptors (Lipinski definition) is 2. The second-order valence-corrected chi connectivity index (χ2v) is 4.26. The molecule has 0 heterocycles. The topological polar surface area (TPSA) is 21.3 Å². The van der Waals surface area contributed by atoms with E-state index < -0.39 is 0 Å². The molecule has 0 aliphatic rings. The van der Waals surface area contributed by atoms with Crippen LogP contribution in [0, 0.1) is 5.41 Å². The Balaban J connectivity index is 3.86. The van der Waals surface area contributed by atoms with Gasteiger partial charge in [0.05, 0.1) is 0 Å². The first-order valence-corrected chi connectivity index (χ1v) is 4.74. The lowest BCUT2D eigenvalue weighted by molar-refractivity contribution is 0.153. The Hall–Kier alpha value is -0.0800. The molecule has 0 aliphatic carbocycles. The van der Waals surface area contributed by atoms with Gasteiger partial charge in [0.25, 0.3) is 0 Å². The minimum atomic E-state index is 0.328. The molecule has 0 amide bonds. The predicted molar refractivity (Wildman–Crippen MR) is 53.4 cm³/mol. The van der Waals surface area contributed by atoms with Gasteiger partial charge in [-0.25, -0.2) is 0 Å². The molecule has 2 heteroatoms. The third kappa shape index (κ3) is 4.73. The van der Waals surface area contributed by atoms with Gasteiger partial charge in [0.15, 0.2) is 0 Å².